The number of anilines is 4. The van der Waals surface area contributed by atoms with Crippen molar-refractivity contribution in [3.8, 4) is 0 Å². The molecule has 132 valence electrons. The highest BCUT2D eigenvalue weighted by Gasteiger charge is 2.08. The average Bonchev–Trinajstić information content (AvgIpc) is 2.58. The lowest BCUT2D eigenvalue weighted by Gasteiger charge is -2.11. The van der Waals surface area contributed by atoms with Gasteiger partial charge in [-0.2, -0.15) is 4.98 Å². The molecule has 0 aliphatic carbocycles. The number of ketones is 1. The summed E-state index contributed by atoms with van der Waals surface area (Å²) in [5, 5.41) is 7.34. The van der Waals surface area contributed by atoms with Crippen LogP contribution in [0, 0.1) is 6.92 Å². The second-order valence-corrected chi connectivity index (χ2v) is 6.57. The quantitative estimate of drug-likeness (QED) is 0.543. The van der Waals surface area contributed by atoms with Crippen LogP contribution in [-0.2, 0) is 0 Å². The number of nitrogens with zero attached hydrogens (tertiary/aromatic N) is 2. The lowest BCUT2D eigenvalue weighted by Crippen LogP contribution is -2.03. The lowest BCUT2D eigenvalue weighted by molar-refractivity contribution is 0.101. The van der Waals surface area contributed by atoms with Gasteiger partial charge >= 0.3 is 0 Å². The molecule has 2 N–H and O–H groups in total. The number of hydrogen-bond donors (Lipinski definition) is 2. The highest BCUT2D eigenvalue weighted by Crippen LogP contribution is 2.28. The zero-order valence-electron chi connectivity index (χ0n) is 14.2. The van der Waals surface area contributed by atoms with E-state index in [0.29, 0.717) is 33.1 Å². The normalized spacial score (nSPS) is 10.5. The summed E-state index contributed by atoms with van der Waals surface area (Å²) >= 11 is 12.2. The van der Waals surface area contributed by atoms with Gasteiger partial charge in [0.15, 0.2) is 5.78 Å². The highest BCUT2D eigenvalue weighted by molar-refractivity contribution is 6.35. The number of nitrogens with one attached hydrogen (secondary N) is 2. The van der Waals surface area contributed by atoms with E-state index in [9.17, 15) is 4.79 Å². The third-order valence-electron chi connectivity index (χ3n) is 3.57. The molecule has 5 nitrogen and oxygen atoms in total. The van der Waals surface area contributed by atoms with E-state index < -0.39 is 0 Å². The maximum atomic E-state index is 11.5. The van der Waals surface area contributed by atoms with E-state index in [1.54, 1.807) is 30.3 Å². The van der Waals surface area contributed by atoms with Gasteiger partial charge in [0.1, 0.15) is 5.82 Å². The predicted octanol–water partition coefficient (Wildman–Crippen LogP) is 5.78. The molecule has 7 heteroatoms. The number of hydrogen-bond acceptors (Lipinski definition) is 5. The first-order chi connectivity index (χ1) is 12.4. The average molecular weight is 387 g/mol. The van der Waals surface area contributed by atoms with Gasteiger partial charge in [-0.05, 0) is 44.2 Å². The van der Waals surface area contributed by atoms with Crippen molar-refractivity contribution in [3.05, 3.63) is 69.8 Å². The van der Waals surface area contributed by atoms with Crippen molar-refractivity contribution in [3.63, 3.8) is 0 Å². The Kier molecular flexibility index (Phi) is 5.40. The zero-order chi connectivity index (χ0) is 18.7. The summed E-state index contributed by atoms with van der Waals surface area (Å²) in [5.74, 6) is 0.990. The number of aryl methyl sites for hydroxylation is 1. The number of rotatable bonds is 5. The molecular weight excluding hydrogens is 371 g/mol. The molecule has 26 heavy (non-hydrogen) atoms. The molecule has 0 radical (unpaired) electrons. The standard InChI is InChI=1S/C19H16Cl2N4O/c1-11-8-18(23-15-5-3-4-13(9-15)12(2)26)25-19(22-11)24-17-10-14(20)6-7-16(17)21/h3-10H,1-2H3,(H2,22,23,24,25). The predicted molar refractivity (Wildman–Crippen MR) is 106 cm³/mol. The lowest BCUT2D eigenvalue weighted by atomic mass is 10.1. The van der Waals surface area contributed by atoms with Crippen LogP contribution in [0.1, 0.15) is 23.0 Å². The molecular formula is C19H16Cl2N4O. The van der Waals surface area contributed by atoms with Gasteiger partial charge in [0.2, 0.25) is 5.95 Å². The van der Waals surface area contributed by atoms with Crippen molar-refractivity contribution in [1.29, 1.82) is 0 Å². The number of carbonyl (C=O) groups is 1. The Hall–Kier alpha value is -2.63. The second-order valence-electron chi connectivity index (χ2n) is 5.73. The number of carbonyl (C=O) groups excluding carboxylic acids is 1. The van der Waals surface area contributed by atoms with E-state index in [-0.39, 0.29) is 5.78 Å². The van der Waals surface area contributed by atoms with Crippen molar-refractivity contribution >= 4 is 52.1 Å². The van der Waals surface area contributed by atoms with Gasteiger partial charge in [0.25, 0.3) is 0 Å². The molecule has 0 bridgehead atoms. The van der Waals surface area contributed by atoms with E-state index in [4.69, 9.17) is 23.2 Å². The van der Waals surface area contributed by atoms with Gasteiger partial charge in [-0.1, -0.05) is 35.3 Å². The van der Waals surface area contributed by atoms with Crippen LogP contribution >= 0.6 is 23.2 Å². The fourth-order valence-corrected chi connectivity index (χ4v) is 2.70. The Labute approximate surface area is 161 Å². The molecule has 0 fully saturated rings. The van der Waals surface area contributed by atoms with Crippen LogP contribution in [0.2, 0.25) is 10.0 Å². The molecule has 3 aromatic rings. The number of aromatic nitrogens is 2. The SMILES string of the molecule is CC(=O)c1cccc(Nc2cc(C)nc(Nc3cc(Cl)ccc3Cl)n2)c1. The molecule has 0 saturated heterocycles. The Morgan fingerprint density at radius 3 is 2.58 bits per heavy atom. The van der Waals surface area contributed by atoms with Crippen molar-refractivity contribution in [2.24, 2.45) is 0 Å². The van der Waals surface area contributed by atoms with E-state index in [1.807, 2.05) is 25.1 Å². The Balaban J connectivity index is 1.87. The molecule has 1 heterocycles. The van der Waals surface area contributed by atoms with Crippen LogP contribution in [0.15, 0.2) is 48.5 Å². The van der Waals surface area contributed by atoms with Gasteiger partial charge in [0.05, 0.1) is 10.7 Å². The van der Waals surface area contributed by atoms with Crippen LogP contribution < -0.4 is 10.6 Å². The summed E-state index contributed by atoms with van der Waals surface area (Å²) in [6.45, 7) is 3.40. The molecule has 0 amide bonds. The fourth-order valence-electron chi connectivity index (χ4n) is 2.37. The van der Waals surface area contributed by atoms with Gasteiger partial charge in [-0.25, -0.2) is 4.98 Å². The van der Waals surface area contributed by atoms with Crippen LogP contribution in [0.4, 0.5) is 23.1 Å². The number of Topliss-reactive ketones (excluding diaryl/α,β-unsaturated/α-hetero) is 1. The Bertz CT molecular complexity index is 976. The molecule has 0 aliphatic heterocycles. The van der Waals surface area contributed by atoms with Crippen molar-refractivity contribution in [2.75, 3.05) is 10.6 Å². The monoisotopic (exact) mass is 386 g/mol. The van der Waals surface area contributed by atoms with E-state index in [1.165, 1.54) is 6.92 Å². The summed E-state index contributed by atoms with van der Waals surface area (Å²) in [6.07, 6.45) is 0. The van der Waals surface area contributed by atoms with Gasteiger partial charge in [0, 0.05) is 28.0 Å². The summed E-state index contributed by atoms with van der Waals surface area (Å²) in [6, 6.07) is 14.2. The summed E-state index contributed by atoms with van der Waals surface area (Å²) in [7, 11) is 0. The van der Waals surface area contributed by atoms with Crippen LogP contribution in [0.25, 0.3) is 0 Å². The van der Waals surface area contributed by atoms with Gasteiger partial charge < -0.3 is 10.6 Å². The molecule has 2 aromatic carbocycles. The number of benzene rings is 2. The minimum atomic E-state index is 0.00507. The maximum Gasteiger partial charge on any atom is 0.229 e. The Morgan fingerprint density at radius 2 is 1.81 bits per heavy atom. The first kappa shape index (κ1) is 18.2. The molecule has 0 aliphatic rings. The van der Waals surface area contributed by atoms with Crippen molar-refractivity contribution in [1.82, 2.24) is 9.97 Å². The van der Waals surface area contributed by atoms with Crippen LogP contribution in [-0.4, -0.2) is 15.8 Å². The van der Waals surface area contributed by atoms with Gasteiger partial charge in [-0.3, -0.25) is 4.79 Å². The third kappa shape index (κ3) is 4.50. The maximum absolute atomic E-state index is 11.5. The Morgan fingerprint density at radius 1 is 1.00 bits per heavy atom. The van der Waals surface area contributed by atoms with Gasteiger partial charge in [-0.15, -0.1) is 0 Å². The summed E-state index contributed by atoms with van der Waals surface area (Å²) < 4.78 is 0. The number of halogens is 2. The van der Waals surface area contributed by atoms with Crippen LogP contribution in [0.3, 0.4) is 0 Å². The molecule has 0 saturated carbocycles. The first-order valence-electron chi connectivity index (χ1n) is 7.86. The summed E-state index contributed by atoms with van der Waals surface area (Å²) in [5.41, 5.74) is 2.78. The molecule has 0 atom stereocenters. The van der Waals surface area contributed by atoms with E-state index in [0.717, 1.165) is 11.4 Å². The topological polar surface area (TPSA) is 66.9 Å². The molecule has 0 unspecified atom stereocenters. The smallest absolute Gasteiger partial charge is 0.229 e. The van der Waals surface area contributed by atoms with Crippen molar-refractivity contribution in [2.45, 2.75) is 13.8 Å². The van der Waals surface area contributed by atoms with E-state index in [2.05, 4.69) is 20.6 Å². The minimum absolute atomic E-state index is 0.00507. The largest absolute Gasteiger partial charge is 0.340 e. The molecule has 0 spiro atoms. The summed E-state index contributed by atoms with van der Waals surface area (Å²) in [4.78, 5) is 20.4. The molecule has 3 rings (SSSR count). The van der Waals surface area contributed by atoms with E-state index >= 15 is 0 Å². The zero-order valence-corrected chi connectivity index (χ0v) is 15.7. The van der Waals surface area contributed by atoms with Crippen molar-refractivity contribution < 1.29 is 4.79 Å². The van der Waals surface area contributed by atoms with Crippen LogP contribution in [0.5, 0.6) is 0 Å². The second kappa shape index (κ2) is 7.72. The first-order valence-corrected chi connectivity index (χ1v) is 8.62. The minimum Gasteiger partial charge on any atom is -0.340 e. The highest BCUT2D eigenvalue weighted by atomic mass is 35.5. The molecule has 1 aromatic heterocycles. The third-order valence-corrected chi connectivity index (χ3v) is 4.14. The fraction of sp³-hybridized carbons (Fsp3) is 0.105.